The molecule has 0 spiro atoms. The summed E-state index contributed by atoms with van der Waals surface area (Å²) >= 11 is 3.50. The van der Waals surface area contributed by atoms with Crippen molar-refractivity contribution in [3.8, 4) is 5.75 Å². The lowest BCUT2D eigenvalue weighted by Crippen LogP contribution is -2.38. The van der Waals surface area contributed by atoms with Crippen LogP contribution in [0.3, 0.4) is 0 Å². The zero-order valence-corrected chi connectivity index (χ0v) is 14.7. The largest absolute Gasteiger partial charge is 0.481 e. The van der Waals surface area contributed by atoms with Crippen molar-refractivity contribution in [3.63, 3.8) is 0 Å². The van der Waals surface area contributed by atoms with Crippen molar-refractivity contribution >= 4 is 21.8 Å². The van der Waals surface area contributed by atoms with Crippen molar-refractivity contribution in [2.45, 2.75) is 46.3 Å². The van der Waals surface area contributed by atoms with E-state index in [-0.39, 0.29) is 11.9 Å². The Morgan fingerprint density at radius 3 is 2.57 bits per heavy atom. The molecule has 118 valence electrons. The van der Waals surface area contributed by atoms with Crippen LogP contribution in [0.5, 0.6) is 5.75 Å². The van der Waals surface area contributed by atoms with Crippen LogP contribution in [0.2, 0.25) is 0 Å². The van der Waals surface area contributed by atoms with Gasteiger partial charge in [0.05, 0.1) is 0 Å². The van der Waals surface area contributed by atoms with Crippen molar-refractivity contribution in [1.29, 1.82) is 0 Å². The quantitative estimate of drug-likeness (QED) is 0.789. The third-order valence-electron chi connectivity index (χ3n) is 2.93. The van der Waals surface area contributed by atoms with Crippen LogP contribution in [0.25, 0.3) is 0 Å². The minimum atomic E-state index is -0.520. The van der Waals surface area contributed by atoms with Gasteiger partial charge in [-0.15, -0.1) is 0 Å². The van der Waals surface area contributed by atoms with Gasteiger partial charge >= 0.3 is 0 Å². The normalized spacial score (nSPS) is 13.9. The monoisotopic (exact) mass is 356 g/mol. The van der Waals surface area contributed by atoms with E-state index in [2.05, 4.69) is 35.1 Å². The number of rotatable bonds is 7. The van der Waals surface area contributed by atoms with Crippen LogP contribution in [-0.4, -0.2) is 24.6 Å². The summed E-state index contributed by atoms with van der Waals surface area (Å²) < 4.78 is 6.72. The van der Waals surface area contributed by atoms with E-state index in [9.17, 15) is 4.79 Å². The first kappa shape index (κ1) is 18.0. The summed E-state index contributed by atoms with van der Waals surface area (Å²) in [7, 11) is 0. The van der Waals surface area contributed by atoms with Crippen LogP contribution < -0.4 is 15.8 Å². The van der Waals surface area contributed by atoms with Crippen molar-refractivity contribution in [2.75, 3.05) is 6.54 Å². The summed E-state index contributed by atoms with van der Waals surface area (Å²) in [6, 6.07) is 5.77. The Balaban J connectivity index is 2.67. The van der Waals surface area contributed by atoms with Crippen LogP contribution in [-0.2, 0) is 11.2 Å². The van der Waals surface area contributed by atoms with Crippen molar-refractivity contribution in [3.05, 3.63) is 28.2 Å². The lowest BCUT2D eigenvalue weighted by molar-refractivity contribution is -0.127. The molecule has 1 rings (SSSR count). The Morgan fingerprint density at radius 1 is 1.33 bits per heavy atom. The summed E-state index contributed by atoms with van der Waals surface area (Å²) in [5.41, 5.74) is 6.92. The fourth-order valence-corrected chi connectivity index (χ4v) is 2.24. The highest BCUT2D eigenvalue weighted by Crippen LogP contribution is 2.24. The topological polar surface area (TPSA) is 64.3 Å². The zero-order chi connectivity index (χ0) is 16.0. The first-order chi connectivity index (χ1) is 9.79. The lowest BCUT2D eigenvalue weighted by atomic mass is 10.1. The van der Waals surface area contributed by atoms with Gasteiger partial charge < -0.3 is 15.8 Å². The fourth-order valence-electron chi connectivity index (χ4n) is 1.83. The SMILES string of the molecule is CC(C)CNC(=O)C(C)Oc1ccc(Br)c(CC(C)N)c1. The standard InChI is InChI=1S/C16H25BrN2O2/c1-10(2)9-19-16(20)12(4)21-14-5-6-15(17)13(8-14)7-11(3)18/h5-6,8,10-12H,7,9,18H2,1-4H3,(H,19,20). The molecular weight excluding hydrogens is 332 g/mol. The molecule has 0 aromatic heterocycles. The molecule has 0 saturated heterocycles. The van der Waals surface area contributed by atoms with Crippen LogP contribution in [0.4, 0.5) is 0 Å². The molecule has 3 N–H and O–H groups in total. The van der Waals surface area contributed by atoms with Gasteiger partial charge in [0.1, 0.15) is 5.75 Å². The molecule has 21 heavy (non-hydrogen) atoms. The van der Waals surface area contributed by atoms with Gasteiger partial charge in [-0.25, -0.2) is 0 Å². The Hall–Kier alpha value is -1.07. The molecule has 1 aromatic carbocycles. The predicted molar refractivity (Wildman–Crippen MR) is 89.4 cm³/mol. The highest BCUT2D eigenvalue weighted by molar-refractivity contribution is 9.10. The van der Waals surface area contributed by atoms with Gasteiger partial charge in [0, 0.05) is 17.1 Å². The maximum Gasteiger partial charge on any atom is 0.260 e. The molecule has 0 fully saturated rings. The second-order valence-corrected chi connectivity index (χ2v) is 6.69. The predicted octanol–water partition coefficient (Wildman–Crippen LogP) is 2.88. The second-order valence-electron chi connectivity index (χ2n) is 5.83. The number of hydrogen-bond acceptors (Lipinski definition) is 3. The summed E-state index contributed by atoms with van der Waals surface area (Å²) in [4.78, 5) is 11.9. The van der Waals surface area contributed by atoms with Gasteiger partial charge in [-0.05, 0) is 49.9 Å². The number of nitrogens with two attached hydrogens (primary N) is 1. The summed E-state index contributed by atoms with van der Waals surface area (Å²) in [5.74, 6) is 1.01. The van der Waals surface area contributed by atoms with E-state index < -0.39 is 6.10 Å². The number of carbonyl (C=O) groups excluding carboxylic acids is 1. The van der Waals surface area contributed by atoms with Crippen LogP contribution in [0.15, 0.2) is 22.7 Å². The number of halogens is 1. The average Bonchev–Trinajstić information content (AvgIpc) is 2.39. The third kappa shape index (κ3) is 6.48. The lowest BCUT2D eigenvalue weighted by Gasteiger charge is -2.17. The van der Waals surface area contributed by atoms with Crippen molar-refractivity contribution in [2.24, 2.45) is 11.7 Å². The molecule has 0 bridgehead atoms. The van der Waals surface area contributed by atoms with Gasteiger partial charge in [-0.2, -0.15) is 0 Å². The Kier molecular flexibility index (Phi) is 7.18. The summed E-state index contributed by atoms with van der Waals surface area (Å²) in [5, 5.41) is 2.87. The van der Waals surface area contributed by atoms with E-state index in [1.807, 2.05) is 25.1 Å². The highest BCUT2D eigenvalue weighted by atomic mass is 79.9. The number of carbonyl (C=O) groups is 1. The van der Waals surface area contributed by atoms with Gasteiger partial charge in [0.2, 0.25) is 0 Å². The molecule has 0 radical (unpaired) electrons. The maximum atomic E-state index is 11.9. The molecule has 2 unspecified atom stereocenters. The Morgan fingerprint density at radius 2 is 2.00 bits per heavy atom. The van der Waals surface area contributed by atoms with E-state index >= 15 is 0 Å². The molecule has 2 atom stereocenters. The first-order valence-electron chi connectivity index (χ1n) is 7.28. The summed E-state index contributed by atoms with van der Waals surface area (Å²) in [6.45, 7) is 8.48. The van der Waals surface area contributed by atoms with E-state index in [1.54, 1.807) is 6.92 Å². The molecule has 0 saturated carbocycles. The Bertz CT molecular complexity index is 475. The number of hydrogen-bond donors (Lipinski definition) is 2. The highest BCUT2D eigenvalue weighted by Gasteiger charge is 2.15. The van der Waals surface area contributed by atoms with Gasteiger partial charge in [0.25, 0.3) is 5.91 Å². The number of amides is 1. The molecular formula is C16H25BrN2O2. The average molecular weight is 357 g/mol. The van der Waals surface area contributed by atoms with E-state index in [0.29, 0.717) is 18.2 Å². The van der Waals surface area contributed by atoms with E-state index in [1.165, 1.54) is 0 Å². The van der Waals surface area contributed by atoms with Crippen molar-refractivity contribution in [1.82, 2.24) is 5.32 Å². The molecule has 4 nitrogen and oxygen atoms in total. The van der Waals surface area contributed by atoms with Crippen LogP contribution in [0.1, 0.15) is 33.3 Å². The Labute approximate surface area is 135 Å². The summed E-state index contributed by atoms with van der Waals surface area (Å²) in [6.07, 6.45) is 0.235. The van der Waals surface area contributed by atoms with Crippen LogP contribution in [0, 0.1) is 5.92 Å². The molecule has 1 amide bonds. The van der Waals surface area contributed by atoms with Gasteiger partial charge in [0.15, 0.2) is 6.10 Å². The molecule has 0 aliphatic rings. The molecule has 5 heteroatoms. The van der Waals surface area contributed by atoms with Crippen molar-refractivity contribution < 1.29 is 9.53 Å². The number of benzene rings is 1. The van der Waals surface area contributed by atoms with Gasteiger partial charge in [-0.3, -0.25) is 4.79 Å². The molecule has 0 aliphatic heterocycles. The third-order valence-corrected chi connectivity index (χ3v) is 3.70. The first-order valence-corrected chi connectivity index (χ1v) is 8.07. The molecule has 0 aliphatic carbocycles. The molecule has 0 heterocycles. The minimum Gasteiger partial charge on any atom is -0.481 e. The second kappa shape index (κ2) is 8.39. The number of nitrogens with one attached hydrogen (secondary N) is 1. The molecule has 1 aromatic rings. The number of ether oxygens (including phenoxy) is 1. The van der Waals surface area contributed by atoms with E-state index in [4.69, 9.17) is 10.5 Å². The van der Waals surface area contributed by atoms with Crippen LogP contribution >= 0.6 is 15.9 Å². The van der Waals surface area contributed by atoms with E-state index in [0.717, 1.165) is 16.5 Å². The minimum absolute atomic E-state index is 0.0725. The smallest absolute Gasteiger partial charge is 0.260 e. The van der Waals surface area contributed by atoms with Gasteiger partial charge in [-0.1, -0.05) is 29.8 Å². The zero-order valence-electron chi connectivity index (χ0n) is 13.2. The maximum absolute atomic E-state index is 11.9. The fraction of sp³-hybridized carbons (Fsp3) is 0.562.